The van der Waals surface area contributed by atoms with E-state index < -0.39 is 36.0 Å². The number of Topliss-reactive ketones (excluding diaryl/α,β-unsaturated/α-hetero) is 1. The number of ether oxygens (including phenoxy) is 1. The zero-order valence-corrected chi connectivity index (χ0v) is 16.3. The van der Waals surface area contributed by atoms with Gasteiger partial charge in [-0.25, -0.2) is 4.98 Å². The van der Waals surface area contributed by atoms with Crippen LogP contribution in [0.3, 0.4) is 0 Å². The highest BCUT2D eigenvalue weighted by Gasteiger charge is 2.40. The molecular formula is C21H21N3O6. The maximum absolute atomic E-state index is 12.6. The molecule has 2 heterocycles. The highest BCUT2D eigenvalue weighted by atomic mass is 16.5. The average Bonchev–Trinajstić information content (AvgIpc) is 2.72. The molecule has 1 aromatic heterocycles. The molecule has 1 aliphatic heterocycles. The molecule has 0 radical (unpaired) electrons. The lowest BCUT2D eigenvalue weighted by Crippen LogP contribution is -2.52. The first-order chi connectivity index (χ1) is 14.3. The number of ketones is 1. The maximum Gasteiger partial charge on any atom is 0.322 e. The number of benzene rings is 1. The van der Waals surface area contributed by atoms with E-state index in [0.29, 0.717) is 17.2 Å². The van der Waals surface area contributed by atoms with Gasteiger partial charge >= 0.3 is 5.97 Å². The van der Waals surface area contributed by atoms with E-state index >= 15 is 0 Å². The normalized spacial score (nSPS) is 16.3. The van der Waals surface area contributed by atoms with Gasteiger partial charge in [0.2, 0.25) is 17.7 Å². The van der Waals surface area contributed by atoms with Gasteiger partial charge in [0.25, 0.3) is 0 Å². The number of amides is 2. The molecule has 1 unspecified atom stereocenters. The number of aromatic nitrogens is 1. The smallest absolute Gasteiger partial charge is 0.322 e. The lowest BCUT2D eigenvalue weighted by molar-refractivity contribution is -0.152. The number of carbonyl (C=O) groups excluding carboxylic acids is 3. The van der Waals surface area contributed by atoms with Gasteiger partial charge in [0, 0.05) is 31.8 Å². The summed E-state index contributed by atoms with van der Waals surface area (Å²) in [5.41, 5.74) is 1.82. The van der Waals surface area contributed by atoms with E-state index in [1.165, 1.54) is 4.90 Å². The lowest BCUT2D eigenvalue weighted by Gasteiger charge is -2.30. The second-order valence-electron chi connectivity index (χ2n) is 6.94. The SMILES string of the molecule is Cc1ccc(Oc2ccc(CN3CCC(=O)C(C(=O)NCC(=O)O)C3=O)cn2)cc1. The van der Waals surface area contributed by atoms with Crippen LogP contribution in [0.4, 0.5) is 0 Å². The van der Waals surface area contributed by atoms with Crippen molar-refractivity contribution in [2.75, 3.05) is 13.1 Å². The van der Waals surface area contributed by atoms with E-state index in [4.69, 9.17) is 9.84 Å². The van der Waals surface area contributed by atoms with E-state index in [2.05, 4.69) is 10.3 Å². The number of rotatable bonds is 7. The molecule has 30 heavy (non-hydrogen) atoms. The summed E-state index contributed by atoms with van der Waals surface area (Å²) in [4.78, 5) is 53.0. The predicted molar refractivity (Wildman–Crippen MR) is 105 cm³/mol. The van der Waals surface area contributed by atoms with Crippen molar-refractivity contribution in [2.24, 2.45) is 5.92 Å². The Bertz CT molecular complexity index is 956. The Morgan fingerprint density at radius 3 is 2.57 bits per heavy atom. The number of nitrogens with one attached hydrogen (secondary N) is 1. The van der Waals surface area contributed by atoms with Crippen molar-refractivity contribution < 1.29 is 29.0 Å². The second-order valence-corrected chi connectivity index (χ2v) is 6.94. The zero-order chi connectivity index (χ0) is 21.7. The molecule has 0 saturated carbocycles. The summed E-state index contributed by atoms with van der Waals surface area (Å²) in [5, 5.41) is 10.8. The minimum absolute atomic E-state index is 0.0267. The van der Waals surface area contributed by atoms with Crippen molar-refractivity contribution >= 4 is 23.6 Å². The summed E-state index contributed by atoms with van der Waals surface area (Å²) < 4.78 is 5.67. The van der Waals surface area contributed by atoms with E-state index in [9.17, 15) is 19.2 Å². The Morgan fingerprint density at radius 2 is 1.93 bits per heavy atom. The first kappa shape index (κ1) is 21.0. The zero-order valence-electron chi connectivity index (χ0n) is 16.3. The average molecular weight is 411 g/mol. The van der Waals surface area contributed by atoms with Crippen LogP contribution in [0.1, 0.15) is 17.5 Å². The van der Waals surface area contributed by atoms with Crippen LogP contribution in [0.5, 0.6) is 11.6 Å². The number of hydrogen-bond donors (Lipinski definition) is 2. The molecule has 0 spiro atoms. The number of piperidine rings is 1. The number of carboxylic acid groups (broad SMARTS) is 1. The summed E-state index contributed by atoms with van der Waals surface area (Å²) in [6.45, 7) is 1.68. The summed E-state index contributed by atoms with van der Waals surface area (Å²) >= 11 is 0. The Morgan fingerprint density at radius 1 is 1.20 bits per heavy atom. The number of carboxylic acids is 1. The van der Waals surface area contributed by atoms with Crippen molar-refractivity contribution in [3.63, 3.8) is 0 Å². The van der Waals surface area contributed by atoms with Gasteiger partial charge in [-0.1, -0.05) is 23.8 Å². The second kappa shape index (κ2) is 9.17. The molecule has 156 valence electrons. The number of aliphatic carboxylic acids is 1. The van der Waals surface area contributed by atoms with Crippen LogP contribution in [-0.2, 0) is 25.7 Å². The summed E-state index contributed by atoms with van der Waals surface area (Å²) in [7, 11) is 0. The van der Waals surface area contributed by atoms with Crippen molar-refractivity contribution in [1.82, 2.24) is 15.2 Å². The fourth-order valence-electron chi connectivity index (χ4n) is 3.01. The van der Waals surface area contributed by atoms with Gasteiger partial charge in [0.1, 0.15) is 12.3 Å². The van der Waals surface area contributed by atoms with Crippen LogP contribution < -0.4 is 10.1 Å². The van der Waals surface area contributed by atoms with E-state index in [0.717, 1.165) is 5.56 Å². The van der Waals surface area contributed by atoms with Gasteiger partial charge in [0.05, 0.1) is 0 Å². The number of aryl methyl sites for hydroxylation is 1. The number of carbonyl (C=O) groups is 4. The van der Waals surface area contributed by atoms with E-state index in [-0.39, 0.29) is 19.5 Å². The molecule has 1 atom stereocenters. The van der Waals surface area contributed by atoms with Crippen LogP contribution in [-0.4, -0.2) is 51.6 Å². The fourth-order valence-corrected chi connectivity index (χ4v) is 3.01. The Balaban J connectivity index is 1.62. The molecule has 0 aliphatic carbocycles. The highest BCUT2D eigenvalue weighted by Crippen LogP contribution is 2.21. The molecule has 2 amide bonds. The van der Waals surface area contributed by atoms with Crippen LogP contribution in [0.15, 0.2) is 42.6 Å². The molecule has 0 bridgehead atoms. The largest absolute Gasteiger partial charge is 0.480 e. The van der Waals surface area contributed by atoms with Crippen molar-refractivity contribution in [3.8, 4) is 11.6 Å². The van der Waals surface area contributed by atoms with Crippen molar-refractivity contribution in [1.29, 1.82) is 0 Å². The molecule has 9 nitrogen and oxygen atoms in total. The number of pyridine rings is 1. The van der Waals surface area contributed by atoms with E-state index in [1.54, 1.807) is 18.3 Å². The standard InChI is InChI=1S/C21H21N3O6/c1-13-2-5-15(6-3-13)30-17-7-4-14(10-22-17)12-24-9-8-16(25)19(21(24)29)20(28)23-11-18(26)27/h2-7,10,19H,8-9,11-12H2,1H3,(H,23,28)(H,26,27). The first-order valence-corrected chi connectivity index (χ1v) is 9.34. The quantitative estimate of drug-likeness (QED) is 0.658. The Hall–Kier alpha value is -3.75. The van der Waals surface area contributed by atoms with Crippen LogP contribution in [0, 0.1) is 12.8 Å². The minimum Gasteiger partial charge on any atom is -0.480 e. The topological polar surface area (TPSA) is 126 Å². The summed E-state index contributed by atoms with van der Waals surface area (Å²) in [6, 6.07) is 10.9. The minimum atomic E-state index is -1.52. The molecule has 2 N–H and O–H groups in total. The molecule has 1 fully saturated rings. The number of likely N-dealkylation sites (tertiary alicyclic amines) is 1. The van der Waals surface area contributed by atoms with Crippen LogP contribution in [0.2, 0.25) is 0 Å². The summed E-state index contributed by atoms with van der Waals surface area (Å²) in [5.74, 6) is -3.77. The van der Waals surface area contributed by atoms with Crippen molar-refractivity contribution in [3.05, 3.63) is 53.7 Å². The monoisotopic (exact) mass is 411 g/mol. The third-order valence-corrected chi connectivity index (χ3v) is 4.60. The van der Waals surface area contributed by atoms with Gasteiger partial charge < -0.3 is 20.1 Å². The third-order valence-electron chi connectivity index (χ3n) is 4.60. The lowest BCUT2D eigenvalue weighted by atomic mass is 9.94. The summed E-state index contributed by atoms with van der Waals surface area (Å²) in [6.07, 6.45) is 1.59. The molecule has 1 saturated heterocycles. The predicted octanol–water partition coefficient (Wildman–Crippen LogP) is 1.30. The van der Waals surface area contributed by atoms with Gasteiger partial charge in [0.15, 0.2) is 11.7 Å². The van der Waals surface area contributed by atoms with Gasteiger partial charge in [-0.05, 0) is 24.6 Å². The molecule has 2 aromatic rings. The third kappa shape index (κ3) is 5.19. The van der Waals surface area contributed by atoms with Crippen molar-refractivity contribution in [2.45, 2.75) is 19.9 Å². The molecule has 1 aromatic carbocycles. The molecule has 9 heteroatoms. The molecule has 3 rings (SSSR count). The van der Waals surface area contributed by atoms with Gasteiger partial charge in [-0.15, -0.1) is 0 Å². The maximum atomic E-state index is 12.6. The van der Waals surface area contributed by atoms with Gasteiger partial charge in [-0.2, -0.15) is 0 Å². The molecular weight excluding hydrogens is 390 g/mol. The number of nitrogens with zero attached hydrogens (tertiary/aromatic N) is 2. The van der Waals surface area contributed by atoms with Crippen LogP contribution >= 0.6 is 0 Å². The molecule has 1 aliphatic rings. The van der Waals surface area contributed by atoms with Gasteiger partial charge in [-0.3, -0.25) is 19.2 Å². The van der Waals surface area contributed by atoms with E-state index in [1.807, 2.05) is 31.2 Å². The Kier molecular flexibility index (Phi) is 6.41. The first-order valence-electron chi connectivity index (χ1n) is 9.34. The fraction of sp³-hybridized carbons (Fsp3) is 0.286. The number of hydrogen-bond acceptors (Lipinski definition) is 6. The highest BCUT2D eigenvalue weighted by molar-refractivity contribution is 6.19. The van der Waals surface area contributed by atoms with Crippen LogP contribution in [0.25, 0.3) is 0 Å². The Labute approximate surface area is 172 Å².